The molecule has 2 heterocycles. The van der Waals surface area contributed by atoms with Crippen molar-refractivity contribution in [2.45, 2.75) is 11.8 Å². The van der Waals surface area contributed by atoms with E-state index < -0.39 is 26.5 Å². The van der Waals surface area contributed by atoms with Gasteiger partial charge in [0.2, 0.25) is 5.69 Å². The number of halogens is 1. The number of rotatable bonds is 6. The van der Waals surface area contributed by atoms with Crippen LogP contribution < -0.4 is 10.0 Å². The number of sulfonamides is 1. The van der Waals surface area contributed by atoms with E-state index in [-0.39, 0.29) is 32.9 Å². The van der Waals surface area contributed by atoms with Crippen LogP contribution >= 0.6 is 11.6 Å². The van der Waals surface area contributed by atoms with Gasteiger partial charge in [0.15, 0.2) is 11.0 Å². The van der Waals surface area contributed by atoms with Gasteiger partial charge in [0.05, 0.1) is 9.82 Å². The van der Waals surface area contributed by atoms with Gasteiger partial charge in [-0.05, 0) is 43.3 Å². The molecule has 0 saturated heterocycles. The van der Waals surface area contributed by atoms with Crippen LogP contribution in [0.2, 0.25) is 5.15 Å². The highest BCUT2D eigenvalue weighted by Crippen LogP contribution is 2.24. The fourth-order valence-corrected chi connectivity index (χ4v) is 3.54. The number of nitrogens with zero attached hydrogens (tertiary/aromatic N) is 5. The third-order valence-corrected chi connectivity index (χ3v) is 5.57. The van der Waals surface area contributed by atoms with E-state index in [9.17, 15) is 23.3 Å². The zero-order valence-corrected chi connectivity index (χ0v) is 17.1. The maximum absolute atomic E-state index is 12.4. The summed E-state index contributed by atoms with van der Waals surface area (Å²) < 4.78 is 28.3. The smallest absolute Gasteiger partial charge is 0.320 e. The number of carbonyl (C=O) groups is 1. The van der Waals surface area contributed by atoms with Crippen molar-refractivity contribution >= 4 is 44.7 Å². The number of hydrogen-bond donors (Lipinski definition) is 2. The van der Waals surface area contributed by atoms with Crippen LogP contribution in [-0.4, -0.2) is 39.2 Å². The predicted molar refractivity (Wildman–Crippen MR) is 107 cm³/mol. The van der Waals surface area contributed by atoms with Gasteiger partial charge in [0, 0.05) is 12.7 Å². The summed E-state index contributed by atoms with van der Waals surface area (Å²) in [7, 11) is -2.47. The van der Waals surface area contributed by atoms with Crippen molar-refractivity contribution in [1.29, 1.82) is 0 Å². The summed E-state index contributed by atoms with van der Waals surface area (Å²) >= 11 is 5.61. The largest absolute Gasteiger partial charge is 0.322 e. The van der Waals surface area contributed by atoms with Gasteiger partial charge >= 0.3 is 5.69 Å². The van der Waals surface area contributed by atoms with E-state index in [1.54, 1.807) is 0 Å². The van der Waals surface area contributed by atoms with Gasteiger partial charge in [-0.1, -0.05) is 11.6 Å². The Labute approximate surface area is 175 Å². The van der Waals surface area contributed by atoms with E-state index in [1.165, 1.54) is 55.1 Å². The number of aromatic nitrogens is 4. The molecule has 12 nitrogen and oxygen atoms in total. The summed E-state index contributed by atoms with van der Waals surface area (Å²) in [5, 5.41) is 24.8. The number of nitrogens with one attached hydrogen (secondary N) is 2. The van der Waals surface area contributed by atoms with Crippen LogP contribution in [0, 0.1) is 17.0 Å². The van der Waals surface area contributed by atoms with Crippen molar-refractivity contribution in [2.75, 3.05) is 10.0 Å². The maximum atomic E-state index is 12.4. The van der Waals surface area contributed by atoms with E-state index in [0.717, 1.165) is 0 Å². The lowest BCUT2D eigenvalue weighted by molar-refractivity contribution is -0.385. The average Bonchev–Trinajstić information content (AvgIpc) is 2.99. The molecule has 0 saturated carbocycles. The summed E-state index contributed by atoms with van der Waals surface area (Å²) in [6.07, 6.45) is 0. The summed E-state index contributed by atoms with van der Waals surface area (Å²) in [4.78, 5) is 22.8. The van der Waals surface area contributed by atoms with Crippen LogP contribution in [0.4, 0.5) is 17.2 Å². The van der Waals surface area contributed by atoms with Gasteiger partial charge in [0.25, 0.3) is 15.9 Å². The minimum atomic E-state index is -3.96. The lowest BCUT2D eigenvalue weighted by Gasteiger charge is -2.08. The molecule has 0 atom stereocenters. The highest BCUT2D eigenvalue weighted by Gasteiger charge is 2.29. The van der Waals surface area contributed by atoms with Crippen molar-refractivity contribution in [3.05, 3.63) is 63.1 Å². The van der Waals surface area contributed by atoms with Crippen LogP contribution in [0.15, 0.2) is 41.3 Å². The van der Waals surface area contributed by atoms with Crippen molar-refractivity contribution in [3.63, 3.8) is 0 Å². The molecule has 30 heavy (non-hydrogen) atoms. The van der Waals surface area contributed by atoms with Crippen LogP contribution in [0.1, 0.15) is 16.2 Å². The Bertz CT molecular complexity index is 1220. The molecular weight excluding hydrogens is 438 g/mol. The Morgan fingerprint density at radius 3 is 2.40 bits per heavy atom. The van der Waals surface area contributed by atoms with Gasteiger partial charge in [-0.25, -0.2) is 8.42 Å². The third kappa shape index (κ3) is 4.36. The first kappa shape index (κ1) is 21.1. The maximum Gasteiger partial charge on any atom is 0.322 e. The van der Waals surface area contributed by atoms with E-state index in [4.69, 9.17) is 11.6 Å². The molecule has 0 radical (unpaired) electrons. The Morgan fingerprint density at radius 1 is 1.17 bits per heavy atom. The number of amides is 1. The zero-order valence-electron chi connectivity index (χ0n) is 15.5. The molecule has 0 aliphatic rings. The fourth-order valence-electron chi connectivity index (χ4n) is 2.44. The number of carbonyl (C=O) groups excluding carboxylic acids is 1. The molecule has 0 spiro atoms. The topological polar surface area (TPSA) is 162 Å². The molecule has 14 heteroatoms. The quantitative estimate of drug-likeness (QED) is 0.425. The number of hydrogen-bond acceptors (Lipinski definition) is 8. The number of aryl methyl sites for hydroxylation is 1. The highest BCUT2D eigenvalue weighted by atomic mass is 35.5. The van der Waals surface area contributed by atoms with Crippen LogP contribution in [0.5, 0.6) is 0 Å². The van der Waals surface area contributed by atoms with Crippen LogP contribution in [0.25, 0.3) is 0 Å². The van der Waals surface area contributed by atoms with Crippen molar-refractivity contribution < 1.29 is 18.1 Å². The van der Waals surface area contributed by atoms with Crippen LogP contribution in [0.3, 0.4) is 0 Å². The fraction of sp³-hybridized carbons (Fsp3) is 0.125. The molecule has 1 amide bonds. The lowest BCUT2D eigenvalue weighted by Crippen LogP contribution is -2.16. The summed E-state index contributed by atoms with van der Waals surface area (Å²) in [6.45, 7) is 1.47. The normalized spacial score (nSPS) is 11.2. The first-order valence-corrected chi connectivity index (χ1v) is 10.1. The number of nitro groups is 1. The van der Waals surface area contributed by atoms with Crippen molar-refractivity contribution in [2.24, 2.45) is 7.05 Å². The molecule has 2 N–H and O–H groups in total. The monoisotopic (exact) mass is 451 g/mol. The lowest BCUT2D eigenvalue weighted by atomic mass is 10.2. The first-order chi connectivity index (χ1) is 14.1. The van der Waals surface area contributed by atoms with Gasteiger partial charge in [0.1, 0.15) is 5.69 Å². The molecule has 0 bridgehead atoms. The predicted octanol–water partition coefficient (Wildman–Crippen LogP) is 2.13. The second kappa shape index (κ2) is 8.04. The third-order valence-electron chi connectivity index (χ3n) is 3.99. The van der Waals surface area contributed by atoms with E-state index in [0.29, 0.717) is 0 Å². The first-order valence-electron chi connectivity index (χ1n) is 8.20. The van der Waals surface area contributed by atoms with Gasteiger partial charge in [-0.3, -0.25) is 24.3 Å². The van der Waals surface area contributed by atoms with Crippen LogP contribution in [-0.2, 0) is 17.1 Å². The molecule has 0 aliphatic carbocycles. The standard InChI is InChI=1S/C16H14ClN7O5S/c1-9-15(24(26)27)14(21-23(9)2)16(25)18-10-3-5-11(6-4-10)30(28,29)22-13-8-7-12(17)19-20-13/h3-8H,1-2H3,(H,18,25)(H,20,22). The SMILES string of the molecule is Cc1c([N+](=O)[O-])c(C(=O)Nc2ccc(S(=O)(=O)Nc3ccc(Cl)nn3)cc2)nn1C. The second-order valence-electron chi connectivity index (χ2n) is 5.99. The molecular formula is C16H14ClN7O5S. The summed E-state index contributed by atoms with van der Waals surface area (Å²) in [5.41, 5.74) is -0.298. The Hall–Kier alpha value is -3.58. The average molecular weight is 452 g/mol. The van der Waals surface area contributed by atoms with Gasteiger partial charge in [-0.2, -0.15) is 5.10 Å². The molecule has 0 unspecified atom stereocenters. The highest BCUT2D eigenvalue weighted by molar-refractivity contribution is 7.92. The van der Waals surface area contributed by atoms with E-state index in [1.807, 2.05) is 0 Å². The molecule has 0 fully saturated rings. The number of benzene rings is 1. The van der Waals surface area contributed by atoms with Gasteiger partial charge in [-0.15, -0.1) is 10.2 Å². The molecule has 3 rings (SSSR count). The Morgan fingerprint density at radius 2 is 1.83 bits per heavy atom. The minimum absolute atomic E-state index is 0.0189. The Balaban J connectivity index is 1.77. The van der Waals surface area contributed by atoms with Gasteiger partial charge < -0.3 is 5.32 Å². The Kier molecular flexibility index (Phi) is 5.67. The zero-order chi connectivity index (χ0) is 22.1. The van der Waals surface area contributed by atoms with E-state index >= 15 is 0 Å². The van der Waals surface area contributed by atoms with Crippen molar-refractivity contribution in [1.82, 2.24) is 20.0 Å². The molecule has 0 aliphatic heterocycles. The minimum Gasteiger partial charge on any atom is -0.320 e. The second-order valence-corrected chi connectivity index (χ2v) is 8.06. The number of anilines is 2. The molecule has 3 aromatic rings. The molecule has 1 aromatic carbocycles. The van der Waals surface area contributed by atoms with Crippen molar-refractivity contribution in [3.8, 4) is 0 Å². The molecule has 2 aromatic heterocycles. The summed E-state index contributed by atoms with van der Waals surface area (Å²) in [6, 6.07) is 7.90. The summed E-state index contributed by atoms with van der Waals surface area (Å²) in [5.74, 6) is -0.815. The van der Waals surface area contributed by atoms with E-state index in [2.05, 4.69) is 25.3 Å². The molecule has 156 valence electrons.